The van der Waals surface area contributed by atoms with Crippen molar-refractivity contribution in [2.24, 2.45) is 0 Å². The van der Waals surface area contributed by atoms with Crippen LogP contribution >= 0.6 is 0 Å². The molecule has 1 aromatic carbocycles. The van der Waals surface area contributed by atoms with Gasteiger partial charge in [-0.25, -0.2) is 12.8 Å². The molecule has 1 aliphatic heterocycles. The molecule has 0 unspecified atom stereocenters. The molecule has 0 saturated carbocycles. The zero-order valence-electron chi connectivity index (χ0n) is 11.8. The normalized spacial score (nSPS) is 23.0. The zero-order chi connectivity index (χ0) is 15.7. The van der Waals surface area contributed by atoms with E-state index in [0.29, 0.717) is 0 Å². The van der Waals surface area contributed by atoms with Gasteiger partial charge in [0.25, 0.3) is 0 Å². The molecule has 0 spiro atoms. The van der Waals surface area contributed by atoms with Gasteiger partial charge in [0.05, 0.1) is 17.5 Å². The molecule has 1 saturated heterocycles. The third-order valence-electron chi connectivity index (χ3n) is 3.87. The summed E-state index contributed by atoms with van der Waals surface area (Å²) in [6.07, 6.45) is 2.53. The molecule has 0 aliphatic carbocycles. The predicted octanol–water partition coefficient (Wildman–Crippen LogP) is 1.57. The summed E-state index contributed by atoms with van der Waals surface area (Å²) in [7, 11) is -3.79. The number of aromatic nitrogens is 1. The van der Waals surface area contributed by atoms with Crippen molar-refractivity contribution in [2.75, 3.05) is 13.2 Å². The smallest absolute Gasteiger partial charge is 0.243 e. The van der Waals surface area contributed by atoms with Crippen molar-refractivity contribution in [2.45, 2.75) is 23.5 Å². The van der Waals surface area contributed by atoms with Gasteiger partial charge >= 0.3 is 0 Å². The van der Waals surface area contributed by atoms with Crippen LogP contribution in [0.2, 0.25) is 0 Å². The maximum Gasteiger partial charge on any atom is 0.243 e. The predicted molar refractivity (Wildman–Crippen MR) is 80.0 cm³/mol. The van der Waals surface area contributed by atoms with Gasteiger partial charge in [-0.2, -0.15) is 4.31 Å². The molecular weight excluding hydrogens is 307 g/mol. The van der Waals surface area contributed by atoms with Crippen LogP contribution in [-0.2, 0) is 10.0 Å². The first-order valence-corrected chi connectivity index (χ1v) is 8.46. The molecule has 7 heteroatoms. The van der Waals surface area contributed by atoms with Crippen molar-refractivity contribution < 1.29 is 17.9 Å². The van der Waals surface area contributed by atoms with E-state index in [0.717, 1.165) is 9.99 Å². The van der Waals surface area contributed by atoms with E-state index in [2.05, 4.69) is 0 Å². The highest BCUT2D eigenvalue weighted by molar-refractivity contribution is 7.89. The number of hydrogen-bond donors (Lipinski definition) is 1. The largest absolute Gasteiger partial charge is 0.395 e. The molecule has 1 aromatic heterocycles. The monoisotopic (exact) mass is 324 g/mol. The molecule has 0 bridgehead atoms. The molecule has 0 amide bonds. The van der Waals surface area contributed by atoms with Gasteiger partial charge in [-0.05, 0) is 42.8 Å². The molecule has 5 nitrogen and oxygen atoms in total. The van der Waals surface area contributed by atoms with Crippen molar-refractivity contribution in [1.82, 2.24) is 8.87 Å². The van der Waals surface area contributed by atoms with Gasteiger partial charge in [0, 0.05) is 24.6 Å². The van der Waals surface area contributed by atoms with E-state index in [1.165, 1.54) is 12.1 Å². The highest BCUT2D eigenvalue weighted by Gasteiger charge is 2.40. The van der Waals surface area contributed by atoms with Crippen molar-refractivity contribution in [3.05, 3.63) is 48.8 Å². The molecule has 1 aliphatic rings. The number of halogens is 1. The van der Waals surface area contributed by atoms with Gasteiger partial charge in [-0.3, -0.25) is 0 Å². The minimum absolute atomic E-state index is 0.0389. The van der Waals surface area contributed by atoms with Gasteiger partial charge in [0.2, 0.25) is 10.0 Å². The number of aliphatic hydroxyl groups is 1. The first kappa shape index (κ1) is 15.2. The fourth-order valence-electron chi connectivity index (χ4n) is 2.72. The van der Waals surface area contributed by atoms with Gasteiger partial charge < -0.3 is 9.67 Å². The molecule has 3 rings (SSSR count). The van der Waals surface area contributed by atoms with Crippen LogP contribution in [-0.4, -0.2) is 47.8 Å². The Morgan fingerprint density at radius 1 is 1.18 bits per heavy atom. The maximum atomic E-state index is 13.5. The van der Waals surface area contributed by atoms with Gasteiger partial charge in [-0.15, -0.1) is 0 Å². The van der Waals surface area contributed by atoms with E-state index >= 15 is 0 Å². The lowest BCUT2D eigenvalue weighted by molar-refractivity contribution is 0.213. The second kappa shape index (κ2) is 5.83. The Morgan fingerprint density at radius 3 is 2.41 bits per heavy atom. The standard InChI is InChI=1S/C15H17FN2O3S/c16-12-9-14(11-19)18(10-12)22(20,21)15-5-3-13(4-6-15)17-7-1-2-8-17/h1-8,12,14,19H,9-11H2/t12-,14-/m0/s1. The van der Waals surface area contributed by atoms with Crippen LogP contribution in [0.25, 0.3) is 5.69 Å². The highest BCUT2D eigenvalue weighted by atomic mass is 32.2. The van der Waals surface area contributed by atoms with E-state index in [9.17, 15) is 17.9 Å². The molecule has 22 heavy (non-hydrogen) atoms. The fourth-order valence-corrected chi connectivity index (χ4v) is 4.38. The maximum absolute atomic E-state index is 13.5. The van der Waals surface area contributed by atoms with Crippen LogP contribution in [0, 0.1) is 0 Å². The number of sulfonamides is 1. The second-order valence-electron chi connectivity index (χ2n) is 5.33. The van der Waals surface area contributed by atoms with E-state index in [4.69, 9.17) is 0 Å². The highest BCUT2D eigenvalue weighted by Crippen LogP contribution is 2.28. The first-order valence-electron chi connectivity index (χ1n) is 7.02. The Bertz CT molecular complexity index is 729. The number of aliphatic hydroxyl groups excluding tert-OH is 1. The Kier molecular flexibility index (Phi) is 4.03. The molecule has 0 radical (unpaired) electrons. The van der Waals surface area contributed by atoms with E-state index in [1.807, 2.05) is 29.1 Å². The fraction of sp³-hybridized carbons (Fsp3) is 0.333. The van der Waals surface area contributed by atoms with Crippen molar-refractivity contribution >= 4 is 10.0 Å². The summed E-state index contributed by atoms with van der Waals surface area (Å²) in [5, 5.41) is 9.26. The van der Waals surface area contributed by atoms with Crippen molar-refractivity contribution in [3.63, 3.8) is 0 Å². The third-order valence-corrected chi connectivity index (χ3v) is 5.80. The molecule has 2 atom stereocenters. The Morgan fingerprint density at radius 2 is 1.82 bits per heavy atom. The molecule has 118 valence electrons. The second-order valence-corrected chi connectivity index (χ2v) is 7.22. The van der Waals surface area contributed by atoms with E-state index in [-0.39, 0.29) is 24.5 Å². The van der Waals surface area contributed by atoms with Crippen LogP contribution in [0.4, 0.5) is 4.39 Å². The molecule has 2 aromatic rings. The van der Waals surface area contributed by atoms with E-state index in [1.54, 1.807) is 12.1 Å². The van der Waals surface area contributed by atoms with Gasteiger partial charge in [0.15, 0.2) is 0 Å². The Labute approximate surface area is 128 Å². The van der Waals surface area contributed by atoms with Crippen LogP contribution in [0.15, 0.2) is 53.7 Å². The lowest BCUT2D eigenvalue weighted by Gasteiger charge is -2.22. The van der Waals surface area contributed by atoms with Crippen molar-refractivity contribution in [3.8, 4) is 5.69 Å². The third kappa shape index (κ3) is 2.67. The minimum Gasteiger partial charge on any atom is -0.395 e. The number of hydrogen-bond acceptors (Lipinski definition) is 3. The molecule has 2 heterocycles. The summed E-state index contributed by atoms with van der Waals surface area (Å²) in [6.45, 7) is -0.575. The number of benzene rings is 1. The van der Waals surface area contributed by atoms with Crippen LogP contribution < -0.4 is 0 Å². The number of rotatable bonds is 4. The van der Waals surface area contributed by atoms with Crippen molar-refractivity contribution in [1.29, 1.82) is 0 Å². The average Bonchev–Trinajstić information content (AvgIpc) is 3.16. The van der Waals surface area contributed by atoms with Crippen LogP contribution in [0.3, 0.4) is 0 Å². The number of alkyl halides is 1. The topological polar surface area (TPSA) is 62.5 Å². The Hall–Kier alpha value is -1.70. The van der Waals surface area contributed by atoms with Crippen LogP contribution in [0.5, 0.6) is 0 Å². The summed E-state index contributed by atoms with van der Waals surface area (Å²) < 4.78 is 41.6. The SMILES string of the molecule is O=S(=O)(c1ccc(-n2cccc2)cc1)N1C[C@@H](F)C[C@H]1CO. The summed E-state index contributed by atoms with van der Waals surface area (Å²) in [6, 6.07) is 9.47. The average molecular weight is 324 g/mol. The molecule has 1 N–H and O–H groups in total. The lowest BCUT2D eigenvalue weighted by Crippen LogP contribution is -2.37. The summed E-state index contributed by atoms with van der Waals surface area (Å²) >= 11 is 0. The summed E-state index contributed by atoms with van der Waals surface area (Å²) in [5.41, 5.74) is 0.840. The summed E-state index contributed by atoms with van der Waals surface area (Å²) in [4.78, 5) is 0.107. The first-order chi connectivity index (χ1) is 10.5. The molecular formula is C15H17FN2O3S. The van der Waals surface area contributed by atoms with Crippen LogP contribution in [0.1, 0.15) is 6.42 Å². The minimum atomic E-state index is -3.79. The van der Waals surface area contributed by atoms with Gasteiger partial charge in [0.1, 0.15) is 6.17 Å². The zero-order valence-corrected chi connectivity index (χ0v) is 12.7. The summed E-state index contributed by atoms with van der Waals surface area (Å²) in [5.74, 6) is 0. The number of nitrogens with zero attached hydrogens (tertiary/aromatic N) is 2. The Balaban J connectivity index is 1.89. The molecule has 1 fully saturated rings. The quantitative estimate of drug-likeness (QED) is 0.928. The lowest BCUT2D eigenvalue weighted by atomic mass is 10.2. The van der Waals surface area contributed by atoms with E-state index < -0.39 is 22.2 Å². The van der Waals surface area contributed by atoms with Gasteiger partial charge in [-0.1, -0.05) is 0 Å².